The van der Waals surface area contributed by atoms with Crippen molar-refractivity contribution in [2.24, 2.45) is 0 Å². The number of aliphatic carboxylic acids is 1. The van der Waals surface area contributed by atoms with Crippen molar-refractivity contribution in [3.63, 3.8) is 0 Å². The zero-order valence-corrected chi connectivity index (χ0v) is 11.7. The fourth-order valence-electron chi connectivity index (χ4n) is 2.42. The minimum atomic E-state index is -0.946. The molecule has 1 saturated heterocycles. The number of nitrogens with zero attached hydrogens (tertiary/aromatic N) is 2. The molecule has 0 aliphatic carbocycles. The monoisotopic (exact) mass is 277 g/mol. The summed E-state index contributed by atoms with van der Waals surface area (Å²) in [5, 5.41) is 11.9. The molecular weight excluding hydrogens is 258 g/mol. The molecular formula is C14H19N3O3. The van der Waals surface area contributed by atoms with E-state index in [1.54, 1.807) is 6.07 Å². The molecule has 1 atom stereocenters. The fourth-order valence-corrected chi connectivity index (χ4v) is 2.42. The van der Waals surface area contributed by atoms with E-state index in [0.29, 0.717) is 18.7 Å². The molecule has 2 N–H and O–H groups in total. The van der Waals surface area contributed by atoms with Gasteiger partial charge in [-0.1, -0.05) is 12.1 Å². The maximum atomic E-state index is 12.2. The summed E-state index contributed by atoms with van der Waals surface area (Å²) in [6.07, 6.45) is 1.23. The molecule has 1 fully saturated rings. The Bertz CT molecular complexity index is 516. The van der Waals surface area contributed by atoms with Crippen LogP contribution < -0.4 is 10.2 Å². The molecule has 1 aliphatic rings. The number of rotatable bonds is 3. The third-order valence-corrected chi connectivity index (χ3v) is 3.43. The van der Waals surface area contributed by atoms with Crippen LogP contribution in [0.3, 0.4) is 0 Å². The lowest BCUT2D eigenvalue weighted by Gasteiger charge is -2.24. The molecule has 0 bridgehead atoms. The number of para-hydroxylation sites is 2. The van der Waals surface area contributed by atoms with Crippen molar-refractivity contribution in [1.29, 1.82) is 0 Å². The second-order valence-electron chi connectivity index (χ2n) is 5.03. The van der Waals surface area contributed by atoms with Crippen LogP contribution in [0, 0.1) is 0 Å². The molecule has 1 heterocycles. The quantitative estimate of drug-likeness (QED) is 0.884. The van der Waals surface area contributed by atoms with E-state index in [0.717, 1.165) is 12.1 Å². The van der Waals surface area contributed by atoms with Crippen LogP contribution in [-0.2, 0) is 4.79 Å². The average Bonchev–Trinajstić information content (AvgIpc) is 2.88. The number of benzene rings is 1. The van der Waals surface area contributed by atoms with Crippen molar-refractivity contribution in [3.8, 4) is 0 Å². The standard InChI is InChI=1S/C14H19N3O3/c1-16(2)11-7-4-3-6-10(11)15-14(20)17-9-5-8-12(17)13(18)19/h3-4,6-7,12H,5,8-9H2,1-2H3,(H,15,20)(H,18,19)/t12-/m0/s1. The highest BCUT2D eigenvalue weighted by Crippen LogP contribution is 2.25. The number of likely N-dealkylation sites (tertiary alicyclic amines) is 1. The SMILES string of the molecule is CN(C)c1ccccc1NC(=O)N1CCC[C@H]1C(=O)O. The number of carboxylic acid groups (broad SMARTS) is 1. The molecule has 6 heteroatoms. The predicted molar refractivity (Wildman–Crippen MR) is 77.2 cm³/mol. The summed E-state index contributed by atoms with van der Waals surface area (Å²) >= 11 is 0. The lowest BCUT2D eigenvalue weighted by atomic mass is 10.2. The molecule has 0 radical (unpaired) electrons. The van der Waals surface area contributed by atoms with Crippen molar-refractivity contribution in [3.05, 3.63) is 24.3 Å². The number of carbonyl (C=O) groups excluding carboxylic acids is 1. The Kier molecular flexibility index (Phi) is 4.12. The number of anilines is 2. The van der Waals surface area contributed by atoms with Gasteiger partial charge in [-0.3, -0.25) is 0 Å². The van der Waals surface area contributed by atoms with E-state index < -0.39 is 12.0 Å². The Labute approximate surface area is 118 Å². The van der Waals surface area contributed by atoms with Gasteiger partial charge in [0.05, 0.1) is 11.4 Å². The third-order valence-electron chi connectivity index (χ3n) is 3.43. The van der Waals surface area contributed by atoms with Gasteiger partial charge in [0.1, 0.15) is 6.04 Å². The normalized spacial score (nSPS) is 17.9. The molecule has 2 amide bonds. The van der Waals surface area contributed by atoms with Gasteiger partial charge in [-0.2, -0.15) is 0 Å². The highest BCUT2D eigenvalue weighted by molar-refractivity contribution is 5.95. The van der Waals surface area contributed by atoms with Crippen molar-refractivity contribution in [2.45, 2.75) is 18.9 Å². The number of nitrogens with one attached hydrogen (secondary N) is 1. The van der Waals surface area contributed by atoms with Crippen LogP contribution in [-0.4, -0.2) is 48.7 Å². The van der Waals surface area contributed by atoms with Gasteiger partial charge in [0.2, 0.25) is 0 Å². The molecule has 0 saturated carbocycles. The van der Waals surface area contributed by atoms with Gasteiger partial charge in [0.25, 0.3) is 0 Å². The number of carbonyl (C=O) groups is 2. The van der Waals surface area contributed by atoms with Crippen LogP contribution in [0.2, 0.25) is 0 Å². The number of amides is 2. The second-order valence-corrected chi connectivity index (χ2v) is 5.03. The molecule has 6 nitrogen and oxygen atoms in total. The first kappa shape index (κ1) is 14.2. The molecule has 2 rings (SSSR count). The van der Waals surface area contributed by atoms with Crippen molar-refractivity contribution >= 4 is 23.4 Å². The van der Waals surface area contributed by atoms with Crippen LogP contribution in [0.15, 0.2) is 24.3 Å². The maximum absolute atomic E-state index is 12.2. The zero-order chi connectivity index (χ0) is 14.7. The molecule has 0 unspecified atom stereocenters. The summed E-state index contributed by atoms with van der Waals surface area (Å²) < 4.78 is 0. The molecule has 1 aromatic rings. The highest BCUT2D eigenvalue weighted by Gasteiger charge is 2.34. The first-order valence-corrected chi connectivity index (χ1v) is 6.57. The number of hydrogen-bond donors (Lipinski definition) is 2. The number of carboxylic acids is 1. The lowest BCUT2D eigenvalue weighted by molar-refractivity contribution is -0.141. The molecule has 0 aromatic heterocycles. The van der Waals surface area contributed by atoms with E-state index in [4.69, 9.17) is 5.11 Å². The average molecular weight is 277 g/mol. The van der Waals surface area contributed by atoms with Crippen molar-refractivity contribution < 1.29 is 14.7 Å². The Morgan fingerprint density at radius 1 is 1.35 bits per heavy atom. The topological polar surface area (TPSA) is 72.9 Å². The number of hydrogen-bond acceptors (Lipinski definition) is 3. The minimum Gasteiger partial charge on any atom is -0.480 e. The van der Waals surface area contributed by atoms with E-state index >= 15 is 0 Å². The van der Waals surface area contributed by atoms with Crippen LogP contribution >= 0.6 is 0 Å². The maximum Gasteiger partial charge on any atom is 0.326 e. The van der Waals surface area contributed by atoms with Crippen LogP contribution in [0.5, 0.6) is 0 Å². The van der Waals surface area contributed by atoms with E-state index in [9.17, 15) is 9.59 Å². The zero-order valence-electron chi connectivity index (χ0n) is 11.7. The van der Waals surface area contributed by atoms with Crippen molar-refractivity contribution in [2.75, 3.05) is 30.9 Å². The van der Waals surface area contributed by atoms with E-state index in [1.807, 2.05) is 37.2 Å². The molecule has 20 heavy (non-hydrogen) atoms. The van der Waals surface area contributed by atoms with Gasteiger partial charge in [-0.15, -0.1) is 0 Å². The van der Waals surface area contributed by atoms with E-state index in [1.165, 1.54) is 4.90 Å². The summed E-state index contributed by atoms with van der Waals surface area (Å²) in [6.45, 7) is 0.479. The van der Waals surface area contributed by atoms with Gasteiger partial charge in [-0.05, 0) is 25.0 Å². The molecule has 1 aliphatic heterocycles. The van der Waals surface area contributed by atoms with Crippen LogP contribution in [0.4, 0.5) is 16.2 Å². The second kappa shape index (κ2) is 5.81. The van der Waals surface area contributed by atoms with Gasteiger partial charge >= 0.3 is 12.0 Å². The first-order chi connectivity index (χ1) is 9.50. The summed E-state index contributed by atoms with van der Waals surface area (Å²) in [7, 11) is 3.78. The van der Waals surface area contributed by atoms with E-state index in [2.05, 4.69) is 5.32 Å². The molecule has 0 spiro atoms. The molecule has 108 valence electrons. The Morgan fingerprint density at radius 3 is 2.70 bits per heavy atom. The third kappa shape index (κ3) is 2.84. The van der Waals surface area contributed by atoms with Crippen LogP contribution in [0.25, 0.3) is 0 Å². The summed E-state index contributed by atoms with van der Waals surface area (Å²) in [5.74, 6) is -0.946. The Morgan fingerprint density at radius 2 is 2.05 bits per heavy atom. The predicted octanol–water partition coefficient (Wildman–Crippen LogP) is 1.83. The largest absolute Gasteiger partial charge is 0.480 e. The Hall–Kier alpha value is -2.24. The highest BCUT2D eigenvalue weighted by atomic mass is 16.4. The van der Waals surface area contributed by atoms with E-state index in [-0.39, 0.29) is 6.03 Å². The van der Waals surface area contributed by atoms with Gasteiger partial charge in [0, 0.05) is 20.6 Å². The minimum absolute atomic E-state index is 0.357. The van der Waals surface area contributed by atoms with Crippen molar-refractivity contribution in [1.82, 2.24) is 4.90 Å². The smallest absolute Gasteiger partial charge is 0.326 e. The lowest BCUT2D eigenvalue weighted by Crippen LogP contribution is -2.42. The number of urea groups is 1. The first-order valence-electron chi connectivity index (χ1n) is 6.57. The summed E-state index contributed by atoms with van der Waals surface area (Å²) in [5.41, 5.74) is 1.56. The van der Waals surface area contributed by atoms with Gasteiger partial charge in [0.15, 0.2) is 0 Å². The Balaban J connectivity index is 2.14. The summed E-state index contributed by atoms with van der Waals surface area (Å²) in [4.78, 5) is 26.6. The molecule has 1 aromatic carbocycles. The fraction of sp³-hybridized carbons (Fsp3) is 0.429. The van der Waals surface area contributed by atoms with Gasteiger partial charge in [-0.25, -0.2) is 9.59 Å². The van der Waals surface area contributed by atoms with Crippen LogP contribution in [0.1, 0.15) is 12.8 Å². The van der Waals surface area contributed by atoms with Gasteiger partial charge < -0.3 is 20.2 Å². The summed E-state index contributed by atoms with van der Waals surface area (Å²) in [6, 6.07) is 6.35.